The topological polar surface area (TPSA) is 140 Å². The first-order valence-electron chi connectivity index (χ1n) is 9.44. The number of ether oxygens (including phenoxy) is 1. The molecule has 0 heterocycles. The van der Waals surface area contributed by atoms with Crippen molar-refractivity contribution in [2.24, 2.45) is 0 Å². The zero-order chi connectivity index (χ0) is 24.8. The molecule has 0 spiro atoms. The van der Waals surface area contributed by atoms with Crippen molar-refractivity contribution in [1.82, 2.24) is 0 Å². The van der Waals surface area contributed by atoms with Gasteiger partial charge in [-0.25, -0.2) is 8.42 Å². The first kappa shape index (κ1) is 25.7. The van der Waals surface area contributed by atoms with Crippen LogP contribution in [0.5, 0.6) is 5.75 Å². The van der Waals surface area contributed by atoms with Gasteiger partial charge in [0.25, 0.3) is 5.69 Å². The SMILES string of the molecule is CCS(=O)(=O)Nc1ccc(NC(=O)CCNc2ccc(C(F)(F)F)cc2[N+](=O)[O-])cc1OC. The number of nitro groups is 1. The highest BCUT2D eigenvalue weighted by molar-refractivity contribution is 7.92. The molecule has 0 saturated carbocycles. The van der Waals surface area contributed by atoms with Crippen LogP contribution in [0.15, 0.2) is 36.4 Å². The van der Waals surface area contributed by atoms with Crippen LogP contribution < -0.4 is 20.1 Å². The number of nitrogens with zero attached hydrogens (tertiary/aromatic N) is 1. The van der Waals surface area contributed by atoms with E-state index in [1.165, 1.54) is 32.2 Å². The lowest BCUT2D eigenvalue weighted by Gasteiger charge is -2.13. The van der Waals surface area contributed by atoms with E-state index in [2.05, 4.69) is 15.4 Å². The third-order valence-corrected chi connectivity index (χ3v) is 5.61. The minimum absolute atomic E-state index is 0.0937. The van der Waals surface area contributed by atoms with Crippen molar-refractivity contribution < 1.29 is 36.0 Å². The molecule has 0 saturated heterocycles. The molecule has 14 heteroatoms. The van der Waals surface area contributed by atoms with E-state index in [9.17, 15) is 36.5 Å². The number of sulfonamides is 1. The first-order valence-corrected chi connectivity index (χ1v) is 11.1. The Kier molecular flexibility index (Phi) is 8.08. The van der Waals surface area contributed by atoms with Gasteiger partial charge in [-0.2, -0.15) is 13.2 Å². The van der Waals surface area contributed by atoms with E-state index in [4.69, 9.17) is 4.74 Å². The Morgan fingerprint density at radius 3 is 2.39 bits per heavy atom. The van der Waals surface area contributed by atoms with E-state index < -0.39 is 38.3 Å². The highest BCUT2D eigenvalue weighted by Crippen LogP contribution is 2.35. The van der Waals surface area contributed by atoms with Crippen molar-refractivity contribution in [2.45, 2.75) is 19.5 Å². The number of hydrogen-bond acceptors (Lipinski definition) is 7. The molecule has 180 valence electrons. The molecular formula is C19H21F3N4O6S. The maximum atomic E-state index is 12.8. The Bertz CT molecular complexity index is 1140. The molecule has 3 N–H and O–H groups in total. The summed E-state index contributed by atoms with van der Waals surface area (Å²) in [5.41, 5.74) is -1.59. The summed E-state index contributed by atoms with van der Waals surface area (Å²) in [4.78, 5) is 22.3. The lowest BCUT2D eigenvalue weighted by Crippen LogP contribution is -2.17. The van der Waals surface area contributed by atoms with Crippen molar-refractivity contribution in [3.8, 4) is 5.75 Å². The van der Waals surface area contributed by atoms with Gasteiger partial charge < -0.3 is 15.4 Å². The summed E-state index contributed by atoms with van der Waals surface area (Å²) in [5, 5.41) is 16.2. The van der Waals surface area contributed by atoms with Crippen LogP contribution in [-0.2, 0) is 21.0 Å². The number of amides is 1. The van der Waals surface area contributed by atoms with E-state index in [0.717, 1.165) is 6.07 Å². The van der Waals surface area contributed by atoms with Crippen molar-refractivity contribution in [2.75, 3.05) is 34.8 Å². The second-order valence-corrected chi connectivity index (χ2v) is 8.64. The summed E-state index contributed by atoms with van der Waals surface area (Å²) >= 11 is 0. The monoisotopic (exact) mass is 490 g/mol. The van der Waals surface area contributed by atoms with Crippen LogP contribution in [0, 0.1) is 10.1 Å². The summed E-state index contributed by atoms with van der Waals surface area (Å²) in [7, 11) is -2.21. The molecule has 0 radical (unpaired) electrons. The molecule has 0 aliphatic heterocycles. The van der Waals surface area contributed by atoms with Gasteiger partial charge in [0.1, 0.15) is 11.4 Å². The van der Waals surface area contributed by atoms with Gasteiger partial charge in [-0.1, -0.05) is 0 Å². The van der Waals surface area contributed by atoms with E-state index in [0.29, 0.717) is 17.8 Å². The van der Waals surface area contributed by atoms with E-state index in [1.807, 2.05) is 0 Å². The largest absolute Gasteiger partial charge is 0.494 e. The number of alkyl halides is 3. The molecule has 0 aliphatic rings. The fraction of sp³-hybridized carbons (Fsp3) is 0.316. The lowest BCUT2D eigenvalue weighted by atomic mass is 10.1. The number of methoxy groups -OCH3 is 1. The average molecular weight is 490 g/mol. The molecule has 2 aromatic rings. The summed E-state index contributed by atoms with van der Waals surface area (Å²) in [6.07, 6.45) is -4.89. The van der Waals surface area contributed by atoms with Gasteiger partial charge in [0.05, 0.1) is 29.0 Å². The quantitative estimate of drug-likeness (QED) is 0.340. The van der Waals surface area contributed by atoms with Gasteiger partial charge in [0, 0.05) is 30.8 Å². The van der Waals surface area contributed by atoms with Crippen LogP contribution >= 0.6 is 0 Å². The number of carbonyl (C=O) groups excluding carboxylic acids is 1. The average Bonchev–Trinajstić information content (AvgIpc) is 2.73. The van der Waals surface area contributed by atoms with E-state index >= 15 is 0 Å². The van der Waals surface area contributed by atoms with Crippen LogP contribution in [0.1, 0.15) is 18.9 Å². The Labute approximate surface area is 187 Å². The smallest absolute Gasteiger partial charge is 0.416 e. The number of nitro benzene ring substituents is 1. The fourth-order valence-corrected chi connectivity index (χ4v) is 3.28. The molecule has 0 bridgehead atoms. The predicted molar refractivity (Wildman–Crippen MR) is 116 cm³/mol. The standard InChI is InChI=1S/C19H21F3N4O6S/c1-3-33(30,31)25-15-7-5-13(11-17(15)32-2)24-18(27)8-9-23-14-6-4-12(19(20,21)22)10-16(14)26(28)29/h4-7,10-11,23,25H,3,8-9H2,1-2H3,(H,24,27). The first-order chi connectivity index (χ1) is 15.4. The van der Waals surface area contributed by atoms with Gasteiger partial charge in [-0.3, -0.25) is 19.6 Å². The van der Waals surface area contributed by atoms with Crippen molar-refractivity contribution in [3.63, 3.8) is 0 Å². The minimum Gasteiger partial charge on any atom is -0.494 e. The van der Waals surface area contributed by atoms with Gasteiger partial charge in [-0.15, -0.1) is 0 Å². The van der Waals surface area contributed by atoms with Crippen LogP contribution in [-0.4, -0.2) is 38.7 Å². The number of halogens is 3. The number of anilines is 3. The Morgan fingerprint density at radius 1 is 1.15 bits per heavy atom. The Balaban J connectivity index is 2.02. The zero-order valence-corrected chi connectivity index (χ0v) is 18.3. The van der Waals surface area contributed by atoms with Gasteiger partial charge in [0.2, 0.25) is 15.9 Å². The number of carbonyl (C=O) groups is 1. The Morgan fingerprint density at radius 2 is 1.82 bits per heavy atom. The summed E-state index contributed by atoms with van der Waals surface area (Å²) in [5.74, 6) is -0.469. The third-order valence-electron chi connectivity index (χ3n) is 4.32. The highest BCUT2D eigenvalue weighted by atomic mass is 32.2. The van der Waals surface area contributed by atoms with Crippen LogP contribution in [0.25, 0.3) is 0 Å². The van der Waals surface area contributed by atoms with E-state index in [-0.39, 0.29) is 35.8 Å². The Hall–Kier alpha value is -3.55. The molecule has 0 unspecified atom stereocenters. The maximum absolute atomic E-state index is 12.8. The number of benzene rings is 2. The van der Waals surface area contributed by atoms with Crippen LogP contribution in [0.2, 0.25) is 0 Å². The van der Waals surface area contributed by atoms with E-state index in [1.54, 1.807) is 0 Å². The van der Waals surface area contributed by atoms with Crippen LogP contribution in [0.3, 0.4) is 0 Å². The summed E-state index contributed by atoms with van der Waals surface area (Å²) < 4.78 is 69.2. The summed E-state index contributed by atoms with van der Waals surface area (Å²) in [6.45, 7) is 1.38. The normalized spacial score (nSPS) is 11.5. The highest BCUT2D eigenvalue weighted by Gasteiger charge is 2.33. The molecule has 2 aromatic carbocycles. The maximum Gasteiger partial charge on any atom is 0.416 e. The molecule has 1 amide bonds. The number of rotatable bonds is 10. The number of hydrogen-bond donors (Lipinski definition) is 3. The van der Waals surface area contributed by atoms with Gasteiger partial charge >= 0.3 is 6.18 Å². The molecular weight excluding hydrogens is 469 g/mol. The third kappa shape index (κ3) is 7.24. The van der Waals surface area contributed by atoms with Gasteiger partial charge in [-0.05, 0) is 31.2 Å². The molecule has 33 heavy (non-hydrogen) atoms. The molecule has 0 aliphatic carbocycles. The minimum atomic E-state index is -4.73. The fourth-order valence-electron chi connectivity index (χ4n) is 2.64. The predicted octanol–water partition coefficient (Wildman–Crippen LogP) is 3.82. The molecule has 0 atom stereocenters. The zero-order valence-electron chi connectivity index (χ0n) is 17.5. The van der Waals surface area contributed by atoms with Crippen molar-refractivity contribution in [3.05, 3.63) is 52.1 Å². The summed E-state index contributed by atoms with van der Waals surface area (Å²) in [6, 6.07) is 6.31. The molecule has 10 nitrogen and oxygen atoms in total. The lowest BCUT2D eigenvalue weighted by molar-refractivity contribution is -0.384. The molecule has 2 rings (SSSR count). The van der Waals surface area contributed by atoms with Crippen LogP contribution in [0.4, 0.5) is 35.9 Å². The molecule has 0 aromatic heterocycles. The van der Waals surface area contributed by atoms with Crippen molar-refractivity contribution >= 4 is 38.7 Å². The van der Waals surface area contributed by atoms with Crippen molar-refractivity contribution in [1.29, 1.82) is 0 Å². The second-order valence-electron chi connectivity index (χ2n) is 6.63. The molecule has 0 fully saturated rings. The second kappa shape index (κ2) is 10.4. The number of nitrogens with one attached hydrogen (secondary N) is 3. The van der Waals surface area contributed by atoms with Gasteiger partial charge in [0.15, 0.2) is 0 Å².